The second-order valence-corrected chi connectivity index (χ2v) is 10.1. The van der Waals surface area contributed by atoms with Crippen LogP contribution in [0, 0.1) is 0 Å². The number of thioether (sulfide) groups is 3. The molecule has 0 bridgehead atoms. The Morgan fingerprint density at radius 2 is 1.64 bits per heavy atom. The van der Waals surface area contributed by atoms with Crippen molar-refractivity contribution in [3.05, 3.63) is 0 Å². The number of rotatable bonds is 8. The van der Waals surface area contributed by atoms with Crippen LogP contribution in [0.15, 0.2) is 0 Å². The fourth-order valence-corrected chi connectivity index (χ4v) is 6.14. The molecule has 0 N–H and O–H groups in total. The Morgan fingerprint density at radius 3 is 2.14 bits per heavy atom. The predicted octanol–water partition coefficient (Wildman–Crippen LogP) is 3.86. The Hall–Kier alpha value is 2.45. The number of hydrogen-bond acceptors (Lipinski definition) is 7. The van der Waals surface area contributed by atoms with Crippen LogP contribution in [0.3, 0.4) is 0 Å². The van der Waals surface area contributed by atoms with Gasteiger partial charge in [-0.05, 0) is 6.92 Å². The third-order valence-corrected chi connectivity index (χ3v) is 6.76. The maximum absolute atomic E-state index is 4.47. The smallest absolute Gasteiger partial charge is 0.0573 e. The summed E-state index contributed by atoms with van der Waals surface area (Å²) in [5, 5.41) is 0.835. The summed E-state index contributed by atoms with van der Waals surface area (Å²) in [6.45, 7) is 2.07. The summed E-state index contributed by atoms with van der Waals surface area (Å²) in [4.78, 5) is 0. The van der Waals surface area contributed by atoms with Gasteiger partial charge in [0.1, 0.15) is 0 Å². The first-order chi connectivity index (χ1) is 6.56. The fraction of sp³-hybridized carbons (Fsp3) is 1.00. The van der Waals surface area contributed by atoms with E-state index in [1.54, 1.807) is 23.5 Å². The first kappa shape index (κ1) is 16.4. The van der Waals surface area contributed by atoms with E-state index in [1.165, 1.54) is 0 Å². The lowest BCUT2D eigenvalue weighted by Gasteiger charge is -2.13. The molecule has 0 heterocycles. The third kappa shape index (κ3) is 11.0. The van der Waals surface area contributed by atoms with Crippen LogP contribution in [-0.4, -0.2) is 30.3 Å². The van der Waals surface area contributed by atoms with Crippen LogP contribution in [0.2, 0.25) is 0 Å². The van der Waals surface area contributed by atoms with Gasteiger partial charge >= 0.3 is 0 Å². The quantitative estimate of drug-likeness (QED) is 0.396. The van der Waals surface area contributed by atoms with E-state index in [-0.39, 0.29) is 0 Å². The van der Waals surface area contributed by atoms with Crippen LogP contribution in [0.4, 0.5) is 0 Å². The highest BCUT2D eigenvalue weighted by atomic mass is 32.2. The molecular formula is C7H16S7. The van der Waals surface area contributed by atoms with Crippen molar-refractivity contribution < 1.29 is 0 Å². The van der Waals surface area contributed by atoms with Crippen molar-refractivity contribution in [2.24, 2.45) is 0 Å². The summed E-state index contributed by atoms with van der Waals surface area (Å²) in [6, 6.07) is 0. The van der Waals surface area contributed by atoms with E-state index < -0.39 is 0 Å². The lowest BCUT2D eigenvalue weighted by Crippen LogP contribution is -2.04. The minimum absolute atomic E-state index is 0.358. The van der Waals surface area contributed by atoms with Gasteiger partial charge in [-0.1, -0.05) is 0 Å². The van der Waals surface area contributed by atoms with Crippen molar-refractivity contribution >= 4 is 85.8 Å². The molecule has 0 rings (SSSR count). The van der Waals surface area contributed by atoms with Crippen molar-refractivity contribution in [2.45, 2.75) is 20.7 Å². The highest BCUT2D eigenvalue weighted by Gasteiger charge is 2.08. The van der Waals surface area contributed by atoms with Crippen molar-refractivity contribution in [2.75, 3.05) is 16.6 Å². The molecule has 0 aliphatic heterocycles. The van der Waals surface area contributed by atoms with Crippen LogP contribution in [0.25, 0.3) is 0 Å². The van der Waals surface area contributed by atoms with Gasteiger partial charge in [-0.3, -0.25) is 0 Å². The molecule has 0 amide bonds. The molecule has 86 valence electrons. The van der Waals surface area contributed by atoms with Crippen LogP contribution in [-0.2, 0) is 0 Å². The average Bonchev–Trinajstić information content (AvgIpc) is 2.02. The van der Waals surface area contributed by atoms with Crippen LogP contribution < -0.4 is 0 Å². The van der Waals surface area contributed by atoms with Gasteiger partial charge in [-0.25, -0.2) is 0 Å². The van der Waals surface area contributed by atoms with Gasteiger partial charge in [0.15, 0.2) is 0 Å². The molecule has 0 nitrogen and oxygen atoms in total. The van der Waals surface area contributed by atoms with Gasteiger partial charge in [-0.2, -0.15) is 62.3 Å². The zero-order valence-corrected chi connectivity index (χ0v) is 13.9. The van der Waals surface area contributed by atoms with Gasteiger partial charge in [0.25, 0.3) is 0 Å². The fourth-order valence-electron chi connectivity index (χ4n) is 0.670. The molecule has 0 saturated heterocycles. The van der Waals surface area contributed by atoms with Gasteiger partial charge < -0.3 is 0 Å². The monoisotopic (exact) mass is 324 g/mol. The topological polar surface area (TPSA) is 0 Å². The predicted molar refractivity (Wildman–Crippen MR) is 90.4 cm³/mol. The Labute approximate surface area is 122 Å². The molecule has 0 spiro atoms. The highest BCUT2D eigenvalue weighted by Crippen LogP contribution is 2.28. The summed E-state index contributed by atoms with van der Waals surface area (Å²) in [5.74, 6) is 2.09. The Kier molecular flexibility index (Phi) is 12.4. The largest absolute Gasteiger partial charge is 0.168 e. The molecule has 0 radical (unpaired) electrons. The molecule has 3 unspecified atom stereocenters. The minimum Gasteiger partial charge on any atom is -0.168 e. The van der Waals surface area contributed by atoms with Gasteiger partial charge in [0, 0.05) is 21.2 Å². The maximum atomic E-state index is 4.47. The second kappa shape index (κ2) is 10.6. The summed E-state index contributed by atoms with van der Waals surface area (Å²) < 4.78 is 1.11. The van der Waals surface area contributed by atoms with Gasteiger partial charge in [0.2, 0.25) is 0 Å². The summed E-state index contributed by atoms with van der Waals surface area (Å²) in [5.41, 5.74) is 0. The first-order valence-electron chi connectivity index (χ1n) is 4.06. The Bertz CT molecular complexity index is 129. The summed E-state index contributed by atoms with van der Waals surface area (Å²) in [6.07, 6.45) is 0. The Balaban J connectivity index is 3.34. The zero-order chi connectivity index (χ0) is 11.0. The molecule has 3 atom stereocenters. The molecule has 0 aromatic heterocycles. The molecule has 7 heteroatoms. The molecule has 0 aliphatic rings. The maximum Gasteiger partial charge on any atom is 0.0573 e. The molecule has 0 saturated carbocycles. The second-order valence-electron chi connectivity index (χ2n) is 2.48. The standard InChI is InChI=1S/C7H16S7/c1-5(9)14-7(11)3-12-2-6(10)13-4-8/h5-11H,2-4H2,1H3. The lowest BCUT2D eigenvalue weighted by molar-refractivity contribution is 1.37. The zero-order valence-electron chi connectivity index (χ0n) is 7.87. The summed E-state index contributed by atoms with van der Waals surface area (Å²) >= 11 is 22.8. The molecular weight excluding hydrogens is 309 g/mol. The normalized spacial score (nSPS) is 17.8. The Morgan fingerprint density at radius 1 is 1.07 bits per heavy atom. The van der Waals surface area contributed by atoms with Gasteiger partial charge in [-0.15, -0.1) is 23.5 Å². The van der Waals surface area contributed by atoms with E-state index in [4.69, 9.17) is 0 Å². The van der Waals surface area contributed by atoms with Crippen LogP contribution in [0.1, 0.15) is 6.92 Å². The average molecular weight is 325 g/mol. The lowest BCUT2D eigenvalue weighted by atomic mass is 10.9. The van der Waals surface area contributed by atoms with E-state index in [9.17, 15) is 0 Å². The molecule has 0 aliphatic carbocycles. The van der Waals surface area contributed by atoms with E-state index >= 15 is 0 Å². The van der Waals surface area contributed by atoms with Crippen LogP contribution in [0.5, 0.6) is 0 Å². The van der Waals surface area contributed by atoms with Gasteiger partial charge in [0.05, 0.1) is 9.16 Å². The molecule has 0 fully saturated rings. The van der Waals surface area contributed by atoms with E-state index in [2.05, 4.69) is 57.4 Å². The molecule has 0 aromatic rings. The van der Waals surface area contributed by atoms with Crippen molar-refractivity contribution in [1.82, 2.24) is 0 Å². The van der Waals surface area contributed by atoms with E-state index in [0.29, 0.717) is 13.7 Å². The summed E-state index contributed by atoms with van der Waals surface area (Å²) in [7, 11) is 0. The number of hydrogen-bond donors (Lipinski definition) is 4. The van der Waals surface area contributed by atoms with E-state index in [1.807, 2.05) is 11.8 Å². The number of thiol groups is 4. The van der Waals surface area contributed by atoms with Crippen molar-refractivity contribution in [3.8, 4) is 0 Å². The first-order valence-corrected chi connectivity index (χ1v) is 9.39. The molecule has 0 aromatic carbocycles. The minimum atomic E-state index is 0.358. The van der Waals surface area contributed by atoms with Crippen LogP contribution >= 0.6 is 85.8 Å². The van der Waals surface area contributed by atoms with Crippen molar-refractivity contribution in [1.29, 1.82) is 0 Å². The highest BCUT2D eigenvalue weighted by molar-refractivity contribution is 8.18. The van der Waals surface area contributed by atoms with E-state index in [0.717, 1.165) is 16.6 Å². The third-order valence-electron chi connectivity index (χ3n) is 1.14. The SMILES string of the molecule is CC(S)SC(S)CSCC(S)SCS. The van der Waals surface area contributed by atoms with Crippen molar-refractivity contribution in [3.63, 3.8) is 0 Å². The molecule has 14 heavy (non-hydrogen) atoms.